The number of anilines is 1. The van der Waals surface area contributed by atoms with Crippen molar-refractivity contribution >= 4 is 34.7 Å². The van der Waals surface area contributed by atoms with Gasteiger partial charge in [-0.2, -0.15) is 5.10 Å². The molecular weight excluding hydrogens is 577 g/mol. The summed E-state index contributed by atoms with van der Waals surface area (Å²) in [5.74, 6) is 0.0260. The van der Waals surface area contributed by atoms with E-state index in [2.05, 4.69) is 67.6 Å². The van der Waals surface area contributed by atoms with Crippen LogP contribution in [0.25, 0.3) is 5.57 Å². The summed E-state index contributed by atoms with van der Waals surface area (Å²) in [6.45, 7) is 22.3. The van der Waals surface area contributed by atoms with Crippen molar-refractivity contribution in [3.63, 3.8) is 0 Å². The lowest BCUT2D eigenvalue weighted by Gasteiger charge is -2.38. The average molecular weight is 639 g/mol. The Bertz CT molecular complexity index is 1210. The molecule has 0 spiro atoms. The predicted molar refractivity (Wildman–Crippen MR) is 199 cm³/mol. The molecule has 4 rings (SSSR count). The van der Waals surface area contributed by atoms with Gasteiger partial charge >= 0.3 is 0 Å². The van der Waals surface area contributed by atoms with Gasteiger partial charge < -0.3 is 20.7 Å². The van der Waals surface area contributed by atoms with Crippen molar-refractivity contribution in [1.82, 2.24) is 10.3 Å². The van der Waals surface area contributed by atoms with Gasteiger partial charge in [0.25, 0.3) is 5.91 Å². The summed E-state index contributed by atoms with van der Waals surface area (Å²) < 4.78 is 0. The number of hydrazone groups is 1. The Kier molecular flexibility index (Phi) is 18.7. The Morgan fingerprint density at radius 3 is 2.44 bits per heavy atom. The molecule has 0 radical (unpaired) electrons. The smallest absolute Gasteiger partial charge is 0.253 e. The van der Waals surface area contributed by atoms with Crippen molar-refractivity contribution in [3.05, 3.63) is 69.9 Å². The summed E-state index contributed by atoms with van der Waals surface area (Å²) in [4.78, 5) is 16.5. The number of nitrogens with one attached hydrogen (secondary N) is 2. The summed E-state index contributed by atoms with van der Waals surface area (Å²) in [7, 11) is 1.92. The Morgan fingerprint density at radius 2 is 1.82 bits per heavy atom. The van der Waals surface area contributed by atoms with Gasteiger partial charge in [-0.25, -0.2) is 0 Å². The fourth-order valence-electron chi connectivity index (χ4n) is 5.33. The fraction of sp³-hybridized carbons (Fsp3) is 0.579. The van der Waals surface area contributed by atoms with Crippen LogP contribution in [-0.2, 0) is 11.0 Å². The highest BCUT2D eigenvalue weighted by Gasteiger charge is 2.37. The van der Waals surface area contributed by atoms with Crippen molar-refractivity contribution in [3.8, 4) is 0 Å². The predicted octanol–water partition coefficient (Wildman–Crippen LogP) is 9.77. The standard InChI is InChI=1S/C31H42N4O2S.C3H8.2C2H6/c1-5-13-30(2,3)25-21-28(38-22-25)31(37)14-18-35(19-15-31)29(36)24-10-11-27(32-4)26(20-24)23-9-7-6-8-16-33-34-17-12-23;1-3-2;2*1-2/h5,10-12,16,20-22,32,34,37H,1,6-9,13-15,17-19H2,2-4H3;3H2,1-2H3;2*1-2H3/b23-12+,33-16-;;;. The molecule has 1 fully saturated rings. The van der Waals surface area contributed by atoms with E-state index in [0.717, 1.165) is 48.2 Å². The molecule has 2 aromatic rings. The van der Waals surface area contributed by atoms with Crippen LogP contribution in [0.3, 0.4) is 0 Å². The van der Waals surface area contributed by atoms with E-state index in [1.165, 1.54) is 17.6 Å². The van der Waals surface area contributed by atoms with Gasteiger partial charge in [-0.15, -0.1) is 17.9 Å². The maximum Gasteiger partial charge on any atom is 0.253 e. The number of likely N-dealkylation sites (tertiary alicyclic amines) is 1. The Hall–Kier alpha value is -2.90. The van der Waals surface area contributed by atoms with Crippen LogP contribution in [0.4, 0.5) is 5.69 Å². The van der Waals surface area contributed by atoms with E-state index >= 15 is 0 Å². The molecule has 3 heterocycles. The molecule has 0 aliphatic carbocycles. The highest BCUT2D eigenvalue weighted by Crippen LogP contribution is 2.40. The molecule has 0 unspecified atom stereocenters. The molecule has 1 aromatic heterocycles. The first-order valence-corrected chi connectivity index (χ1v) is 18.0. The molecule has 2 aliphatic heterocycles. The van der Waals surface area contributed by atoms with Gasteiger partial charge in [0.15, 0.2) is 0 Å². The first-order chi connectivity index (χ1) is 21.7. The second-order valence-electron chi connectivity index (χ2n) is 11.8. The number of carbonyl (C=O) groups excluding carboxylic acids is 1. The molecule has 1 aromatic carbocycles. The van der Waals surface area contributed by atoms with Gasteiger partial charge in [0, 0.05) is 48.0 Å². The zero-order valence-electron chi connectivity index (χ0n) is 29.8. The zero-order valence-corrected chi connectivity index (χ0v) is 30.6. The van der Waals surface area contributed by atoms with Crippen molar-refractivity contribution in [2.24, 2.45) is 5.10 Å². The van der Waals surface area contributed by atoms with Gasteiger partial charge in [0.1, 0.15) is 5.60 Å². The summed E-state index contributed by atoms with van der Waals surface area (Å²) in [5.41, 5.74) is 7.45. The van der Waals surface area contributed by atoms with E-state index in [1.54, 1.807) is 11.3 Å². The molecular formula is C38H62N4O2S. The van der Waals surface area contributed by atoms with E-state index in [0.29, 0.717) is 38.0 Å². The number of amides is 1. The third kappa shape index (κ3) is 11.8. The van der Waals surface area contributed by atoms with Gasteiger partial charge in [-0.05, 0) is 91.1 Å². The minimum absolute atomic E-state index is 0.00567. The maximum atomic E-state index is 13.6. The van der Waals surface area contributed by atoms with E-state index in [1.807, 2.05) is 70.1 Å². The minimum atomic E-state index is -0.887. The zero-order chi connectivity index (χ0) is 33.9. The third-order valence-corrected chi connectivity index (χ3v) is 9.03. The molecule has 3 N–H and O–H groups in total. The number of nitrogens with zero attached hydrogens (tertiary/aromatic N) is 2. The van der Waals surface area contributed by atoms with Gasteiger partial charge in [0.05, 0.1) is 6.54 Å². The summed E-state index contributed by atoms with van der Waals surface area (Å²) in [6, 6.07) is 8.10. The molecule has 0 saturated carbocycles. The number of carbonyl (C=O) groups is 1. The maximum absolute atomic E-state index is 13.6. The number of thiophene rings is 1. The molecule has 1 saturated heterocycles. The molecule has 45 heavy (non-hydrogen) atoms. The molecule has 1 amide bonds. The summed E-state index contributed by atoms with van der Waals surface area (Å²) in [5, 5.41) is 21.2. The Labute approximate surface area is 279 Å². The van der Waals surface area contributed by atoms with Crippen LogP contribution in [0.5, 0.6) is 0 Å². The molecule has 2 aliphatic rings. The molecule has 252 valence electrons. The molecule has 7 heteroatoms. The van der Waals surface area contributed by atoms with E-state index in [9.17, 15) is 9.90 Å². The Morgan fingerprint density at radius 1 is 1.16 bits per heavy atom. The van der Waals surface area contributed by atoms with Gasteiger partial charge in [-0.1, -0.05) is 74.0 Å². The monoisotopic (exact) mass is 638 g/mol. The second kappa shape index (κ2) is 21.0. The van der Waals surface area contributed by atoms with Crippen molar-refractivity contribution < 1.29 is 9.90 Å². The third-order valence-electron chi connectivity index (χ3n) is 7.91. The quantitative estimate of drug-likeness (QED) is 0.264. The van der Waals surface area contributed by atoms with Gasteiger partial charge in [0.2, 0.25) is 0 Å². The van der Waals surface area contributed by atoms with Crippen LogP contribution in [0, 0.1) is 0 Å². The molecule has 0 bridgehead atoms. The molecule has 0 atom stereocenters. The van der Waals surface area contributed by atoms with E-state index in [4.69, 9.17) is 0 Å². The first kappa shape index (κ1) is 40.1. The van der Waals surface area contributed by atoms with E-state index in [-0.39, 0.29) is 11.3 Å². The lowest BCUT2D eigenvalue weighted by Crippen LogP contribution is -2.44. The van der Waals surface area contributed by atoms with Crippen LogP contribution in [0.15, 0.2) is 53.5 Å². The van der Waals surface area contributed by atoms with Crippen LogP contribution in [-0.4, -0.2) is 48.8 Å². The highest BCUT2D eigenvalue weighted by molar-refractivity contribution is 7.10. The topological polar surface area (TPSA) is 77.0 Å². The Balaban J connectivity index is 0.00000134. The number of rotatable bonds is 7. The number of hydrogen-bond acceptors (Lipinski definition) is 6. The van der Waals surface area contributed by atoms with Crippen molar-refractivity contribution in [2.75, 3.05) is 32.0 Å². The largest absolute Gasteiger partial charge is 0.388 e. The van der Waals surface area contributed by atoms with Gasteiger partial charge in [-0.3, -0.25) is 4.79 Å². The summed E-state index contributed by atoms with van der Waals surface area (Å²) >= 11 is 1.63. The van der Waals surface area contributed by atoms with Crippen LogP contribution in [0.1, 0.15) is 133 Å². The van der Waals surface area contributed by atoms with Crippen molar-refractivity contribution in [2.45, 2.75) is 118 Å². The SMILES string of the molecule is C=CCC(C)(C)c1csc(C2(O)CCN(C(=O)c3ccc(NC)c(/C4=C/CN/N=C\CCCC4)c3)CC2)c1.CC.CC.CCC. The minimum Gasteiger partial charge on any atom is -0.388 e. The normalized spacial score (nSPS) is 18.0. The second-order valence-corrected chi connectivity index (χ2v) is 12.7. The number of benzene rings is 1. The van der Waals surface area contributed by atoms with Crippen molar-refractivity contribution in [1.29, 1.82) is 0 Å². The highest BCUT2D eigenvalue weighted by atomic mass is 32.1. The number of aliphatic hydroxyl groups is 1. The van der Waals surface area contributed by atoms with Crippen LogP contribution in [0.2, 0.25) is 0 Å². The number of allylic oxidation sites excluding steroid dienone is 2. The molecule has 6 nitrogen and oxygen atoms in total. The van der Waals surface area contributed by atoms with Crippen LogP contribution >= 0.6 is 11.3 Å². The number of hydrogen-bond donors (Lipinski definition) is 3. The lowest BCUT2D eigenvalue weighted by molar-refractivity contribution is -0.0183. The fourth-order valence-corrected chi connectivity index (χ4v) is 6.59. The summed E-state index contributed by atoms with van der Waals surface area (Å²) in [6.07, 6.45) is 13.4. The average Bonchev–Trinajstić information content (AvgIpc) is 3.59. The first-order valence-electron chi connectivity index (χ1n) is 17.2. The van der Waals surface area contributed by atoms with E-state index < -0.39 is 5.60 Å². The number of piperidine rings is 1. The lowest BCUT2D eigenvalue weighted by atomic mass is 9.81. The van der Waals surface area contributed by atoms with Crippen LogP contribution < -0.4 is 10.7 Å².